The molecule has 4 N–H and O–H groups in total. The third-order valence-electron chi connectivity index (χ3n) is 3.93. The van der Waals surface area contributed by atoms with Gasteiger partial charge in [-0.15, -0.1) is 11.3 Å². The van der Waals surface area contributed by atoms with Crippen molar-refractivity contribution < 1.29 is 9.59 Å². The number of halogens is 1. The minimum Gasteiger partial charge on any atom is -0.365 e. The highest BCUT2D eigenvalue weighted by molar-refractivity contribution is 7.80. The lowest BCUT2D eigenvalue weighted by Gasteiger charge is -2.10. The van der Waals surface area contributed by atoms with E-state index < -0.39 is 5.91 Å². The van der Waals surface area contributed by atoms with E-state index in [0.29, 0.717) is 15.6 Å². The highest BCUT2D eigenvalue weighted by Gasteiger charge is 2.25. The van der Waals surface area contributed by atoms with Crippen LogP contribution in [-0.2, 0) is 24.1 Å². The normalized spacial score (nSPS) is 12.5. The molecule has 1 aromatic carbocycles. The number of benzene rings is 1. The van der Waals surface area contributed by atoms with Crippen molar-refractivity contribution in [3.05, 3.63) is 50.9 Å². The molecule has 0 atom stereocenters. The van der Waals surface area contributed by atoms with Crippen LogP contribution in [0.15, 0.2) is 24.3 Å². The molecular formula is C17H16ClN3O2S2. The maximum Gasteiger partial charge on any atom is 0.251 e. The molecule has 2 aromatic rings. The molecule has 0 aliphatic heterocycles. The summed E-state index contributed by atoms with van der Waals surface area (Å²) >= 11 is 12.5. The van der Waals surface area contributed by atoms with Gasteiger partial charge >= 0.3 is 0 Å². The number of hydrogen-bond donors (Lipinski definition) is 3. The van der Waals surface area contributed by atoms with Crippen LogP contribution >= 0.6 is 35.2 Å². The van der Waals surface area contributed by atoms with E-state index in [1.807, 2.05) is 0 Å². The first-order valence-corrected chi connectivity index (χ1v) is 9.34. The molecule has 0 radical (unpaired) electrons. The van der Waals surface area contributed by atoms with Crippen LogP contribution in [0.3, 0.4) is 0 Å². The number of amides is 2. The number of carbonyl (C=O) groups excluding carboxylic acids is 2. The first kappa shape index (κ1) is 17.8. The van der Waals surface area contributed by atoms with Gasteiger partial charge in [-0.05, 0) is 54.7 Å². The minimum atomic E-state index is -0.475. The third-order valence-corrected chi connectivity index (χ3v) is 5.59. The summed E-state index contributed by atoms with van der Waals surface area (Å²) in [6.45, 7) is 0. The maximum absolute atomic E-state index is 12.1. The van der Waals surface area contributed by atoms with Crippen molar-refractivity contribution >= 4 is 57.1 Å². The van der Waals surface area contributed by atoms with E-state index in [-0.39, 0.29) is 17.4 Å². The summed E-state index contributed by atoms with van der Waals surface area (Å²) in [6, 6.07) is 7.03. The van der Waals surface area contributed by atoms with Crippen molar-refractivity contribution in [1.82, 2.24) is 5.32 Å². The molecule has 8 heteroatoms. The van der Waals surface area contributed by atoms with Gasteiger partial charge in [0.05, 0.1) is 12.0 Å². The first-order valence-electron chi connectivity index (χ1n) is 7.73. The largest absolute Gasteiger partial charge is 0.365 e. The van der Waals surface area contributed by atoms with Crippen molar-refractivity contribution in [2.45, 2.75) is 25.7 Å². The zero-order chi connectivity index (χ0) is 18.0. The van der Waals surface area contributed by atoms with Crippen LogP contribution in [0.2, 0.25) is 5.02 Å². The number of carbonyl (C=O) groups is 2. The Kier molecular flexibility index (Phi) is 5.36. The summed E-state index contributed by atoms with van der Waals surface area (Å²) in [5, 5.41) is 6.94. The summed E-state index contributed by atoms with van der Waals surface area (Å²) in [5.74, 6) is -0.721. The molecule has 0 saturated carbocycles. The van der Waals surface area contributed by atoms with E-state index in [1.54, 1.807) is 24.3 Å². The number of thiophene rings is 1. The van der Waals surface area contributed by atoms with Crippen LogP contribution < -0.4 is 16.4 Å². The van der Waals surface area contributed by atoms with E-state index in [0.717, 1.165) is 35.3 Å². The Hall–Kier alpha value is -1.96. The van der Waals surface area contributed by atoms with Crippen molar-refractivity contribution in [2.75, 3.05) is 5.32 Å². The molecule has 0 spiro atoms. The molecule has 1 aliphatic rings. The van der Waals surface area contributed by atoms with Crippen LogP contribution in [0, 0.1) is 0 Å². The third kappa shape index (κ3) is 4.18. The van der Waals surface area contributed by atoms with Gasteiger partial charge in [0.15, 0.2) is 5.11 Å². The van der Waals surface area contributed by atoms with Crippen molar-refractivity contribution in [2.24, 2.45) is 5.73 Å². The zero-order valence-corrected chi connectivity index (χ0v) is 15.6. The van der Waals surface area contributed by atoms with E-state index in [4.69, 9.17) is 29.6 Å². The van der Waals surface area contributed by atoms with Gasteiger partial charge in [-0.3, -0.25) is 9.59 Å². The molecule has 0 bridgehead atoms. The van der Waals surface area contributed by atoms with Gasteiger partial charge in [0.1, 0.15) is 5.00 Å². The highest BCUT2D eigenvalue weighted by atomic mass is 35.5. The first-order chi connectivity index (χ1) is 11.9. The van der Waals surface area contributed by atoms with Gasteiger partial charge in [0.2, 0.25) is 5.91 Å². The standard InChI is InChI=1S/C17H16ClN3O2S2/c18-10-6-4-9(5-7-10)8-13(22)20-17(24)21-16-14(15(19)23)11-2-1-3-12(11)25-16/h4-7H,1-3,8H2,(H2,19,23)(H2,20,21,22,24). The fourth-order valence-corrected chi connectivity index (χ4v) is 4.55. The second-order valence-corrected chi connectivity index (χ2v) is 7.68. The molecule has 1 heterocycles. The van der Waals surface area contributed by atoms with E-state index >= 15 is 0 Å². The van der Waals surface area contributed by atoms with E-state index in [2.05, 4.69) is 10.6 Å². The number of rotatable bonds is 4. The molecule has 0 saturated heterocycles. The van der Waals surface area contributed by atoms with Gasteiger partial charge < -0.3 is 16.4 Å². The van der Waals surface area contributed by atoms with Gasteiger partial charge in [0, 0.05) is 9.90 Å². The molecule has 0 fully saturated rings. The van der Waals surface area contributed by atoms with E-state index in [9.17, 15) is 9.59 Å². The minimum absolute atomic E-state index is 0.154. The number of aryl methyl sites for hydroxylation is 1. The van der Waals surface area contributed by atoms with Crippen molar-refractivity contribution in [1.29, 1.82) is 0 Å². The molecular weight excluding hydrogens is 378 g/mol. The van der Waals surface area contributed by atoms with Gasteiger partial charge in [-0.1, -0.05) is 23.7 Å². The number of primary amides is 1. The molecule has 1 aromatic heterocycles. The lowest BCUT2D eigenvalue weighted by molar-refractivity contribution is -0.119. The van der Waals surface area contributed by atoms with Crippen LogP contribution in [0.1, 0.15) is 32.8 Å². The summed E-state index contributed by atoms with van der Waals surface area (Å²) in [6.07, 6.45) is 3.01. The van der Waals surface area contributed by atoms with Crippen LogP contribution in [0.4, 0.5) is 5.00 Å². The van der Waals surface area contributed by atoms with Crippen LogP contribution in [0.5, 0.6) is 0 Å². The Bertz CT molecular complexity index is 846. The predicted molar refractivity (Wildman–Crippen MR) is 104 cm³/mol. The summed E-state index contributed by atoms with van der Waals surface area (Å²) in [5.41, 5.74) is 7.84. The Morgan fingerprint density at radius 3 is 2.64 bits per heavy atom. The Morgan fingerprint density at radius 2 is 1.96 bits per heavy atom. The quantitative estimate of drug-likeness (QED) is 0.697. The van der Waals surface area contributed by atoms with Crippen LogP contribution in [0.25, 0.3) is 0 Å². The Labute approximate surface area is 159 Å². The summed E-state index contributed by atoms with van der Waals surface area (Å²) in [4.78, 5) is 25.0. The average Bonchev–Trinajstić information content (AvgIpc) is 3.09. The number of nitrogens with one attached hydrogen (secondary N) is 2. The predicted octanol–water partition coefficient (Wildman–Crippen LogP) is 3.04. The van der Waals surface area contributed by atoms with Crippen LogP contribution in [-0.4, -0.2) is 16.9 Å². The maximum atomic E-state index is 12.1. The number of fused-ring (bicyclic) bond motifs is 1. The second-order valence-electron chi connectivity index (χ2n) is 5.73. The molecule has 1 aliphatic carbocycles. The lowest BCUT2D eigenvalue weighted by atomic mass is 10.1. The molecule has 5 nitrogen and oxygen atoms in total. The molecule has 0 unspecified atom stereocenters. The number of nitrogens with two attached hydrogens (primary N) is 1. The Balaban J connectivity index is 1.64. The van der Waals surface area contributed by atoms with Gasteiger partial charge in [-0.25, -0.2) is 0 Å². The molecule has 130 valence electrons. The fraction of sp³-hybridized carbons (Fsp3) is 0.235. The lowest BCUT2D eigenvalue weighted by Crippen LogP contribution is -2.35. The molecule has 3 rings (SSSR count). The smallest absolute Gasteiger partial charge is 0.251 e. The fourth-order valence-electron chi connectivity index (χ4n) is 2.85. The summed E-state index contributed by atoms with van der Waals surface area (Å²) < 4.78 is 0. The number of hydrogen-bond acceptors (Lipinski definition) is 4. The summed E-state index contributed by atoms with van der Waals surface area (Å²) in [7, 11) is 0. The number of thiocarbonyl (C=S) groups is 1. The Morgan fingerprint density at radius 1 is 1.24 bits per heavy atom. The van der Waals surface area contributed by atoms with Gasteiger partial charge in [-0.2, -0.15) is 0 Å². The molecule has 2 amide bonds. The average molecular weight is 394 g/mol. The highest BCUT2D eigenvalue weighted by Crippen LogP contribution is 2.38. The SMILES string of the molecule is NC(=O)c1c(NC(=S)NC(=O)Cc2ccc(Cl)cc2)sc2c1CCC2. The second kappa shape index (κ2) is 7.51. The van der Waals surface area contributed by atoms with Crippen molar-refractivity contribution in [3.8, 4) is 0 Å². The van der Waals surface area contributed by atoms with E-state index in [1.165, 1.54) is 11.3 Å². The van der Waals surface area contributed by atoms with Crippen molar-refractivity contribution in [3.63, 3.8) is 0 Å². The number of anilines is 1. The zero-order valence-electron chi connectivity index (χ0n) is 13.2. The monoisotopic (exact) mass is 393 g/mol. The molecule has 25 heavy (non-hydrogen) atoms. The topological polar surface area (TPSA) is 84.2 Å². The van der Waals surface area contributed by atoms with Gasteiger partial charge in [0.25, 0.3) is 5.91 Å².